The van der Waals surface area contributed by atoms with Crippen LogP contribution in [0.5, 0.6) is 0 Å². The van der Waals surface area contributed by atoms with Gasteiger partial charge in [-0.25, -0.2) is 4.39 Å². The highest BCUT2D eigenvalue weighted by molar-refractivity contribution is 6.35. The number of benzene rings is 1. The first-order valence-corrected chi connectivity index (χ1v) is 4.03. The van der Waals surface area contributed by atoms with Crippen molar-refractivity contribution in [2.45, 2.75) is 0 Å². The highest BCUT2D eigenvalue weighted by atomic mass is 35.5. The van der Waals surface area contributed by atoms with Crippen molar-refractivity contribution in [2.24, 2.45) is 0 Å². The van der Waals surface area contributed by atoms with Gasteiger partial charge in [0.05, 0.1) is 10.5 Å². The van der Waals surface area contributed by atoms with Gasteiger partial charge >= 0.3 is 0 Å². The maximum absolute atomic E-state index is 12.8. The number of rotatable bonds is 0. The zero-order chi connectivity index (χ0) is 9.42. The number of pyridine rings is 1. The SMILES string of the molecule is O=c1cc[nH]c2c(Cl)cc(F)cc12. The molecule has 2 nitrogen and oxygen atoms in total. The lowest BCUT2D eigenvalue weighted by molar-refractivity contribution is 0.629. The summed E-state index contributed by atoms with van der Waals surface area (Å²) >= 11 is 5.72. The van der Waals surface area contributed by atoms with Crippen molar-refractivity contribution in [3.05, 3.63) is 45.5 Å². The monoisotopic (exact) mass is 197 g/mol. The molecule has 4 heteroatoms. The van der Waals surface area contributed by atoms with Crippen LogP contribution >= 0.6 is 11.6 Å². The normalized spacial score (nSPS) is 10.6. The minimum absolute atomic E-state index is 0.215. The molecule has 0 atom stereocenters. The third kappa shape index (κ3) is 1.31. The molecule has 0 spiro atoms. The lowest BCUT2D eigenvalue weighted by Crippen LogP contribution is -2.00. The lowest BCUT2D eigenvalue weighted by atomic mass is 10.2. The molecule has 13 heavy (non-hydrogen) atoms. The van der Waals surface area contributed by atoms with E-state index in [4.69, 9.17) is 11.6 Å². The van der Waals surface area contributed by atoms with Crippen molar-refractivity contribution in [3.63, 3.8) is 0 Å². The maximum Gasteiger partial charge on any atom is 0.189 e. The maximum atomic E-state index is 12.8. The number of hydrogen-bond acceptors (Lipinski definition) is 1. The van der Waals surface area contributed by atoms with Crippen LogP contribution in [0, 0.1) is 5.82 Å². The topological polar surface area (TPSA) is 32.9 Å². The van der Waals surface area contributed by atoms with Crippen molar-refractivity contribution in [2.75, 3.05) is 0 Å². The Balaban J connectivity index is 3.03. The summed E-state index contributed by atoms with van der Waals surface area (Å²) in [6.45, 7) is 0. The van der Waals surface area contributed by atoms with Crippen LogP contribution in [0.3, 0.4) is 0 Å². The molecule has 0 amide bonds. The smallest absolute Gasteiger partial charge is 0.189 e. The van der Waals surface area contributed by atoms with Crippen molar-refractivity contribution in [1.29, 1.82) is 0 Å². The average Bonchev–Trinajstić information content (AvgIpc) is 2.07. The summed E-state index contributed by atoms with van der Waals surface area (Å²) in [5, 5.41) is 0.486. The minimum Gasteiger partial charge on any atom is -0.360 e. The number of fused-ring (bicyclic) bond motifs is 1. The predicted molar refractivity (Wildman–Crippen MR) is 49.5 cm³/mol. The van der Waals surface area contributed by atoms with Crippen molar-refractivity contribution in [3.8, 4) is 0 Å². The van der Waals surface area contributed by atoms with E-state index in [9.17, 15) is 9.18 Å². The fraction of sp³-hybridized carbons (Fsp3) is 0. The molecule has 2 aromatic rings. The van der Waals surface area contributed by atoms with Gasteiger partial charge in [0.2, 0.25) is 0 Å². The van der Waals surface area contributed by atoms with Crippen LogP contribution in [0.15, 0.2) is 29.2 Å². The standard InChI is InChI=1S/C9H5ClFNO/c10-7-4-5(11)3-6-8(13)1-2-12-9(6)7/h1-4H,(H,12,13). The van der Waals surface area contributed by atoms with Gasteiger partial charge in [-0.05, 0) is 12.1 Å². The number of H-pyrrole nitrogens is 1. The first-order chi connectivity index (χ1) is 6.18. The van der Waals surface area contributed by atoms with Crippen LogP contribution < -0.4 is 5.43 Å². The third-order valence-electron chi connectivity index (χ3n) is 1.78. The molecule has 1 aromatic heterocycles. The summed E-state index contributed by atoms with van der Waals surface area (Å²) < 4.78 is 12.8. The van der Waals surface area contributed by atoms with Crippen molar-refractivity contribution >= 4 is 22.5 Å². The molecule has 66 valence electrons. The largest absolute Gasteiger partial charge is 0.360 e. The second kappa shape index (κ2) is 2.85. The zero-order valence-electron chi connectivity index (χ0n) is 6.47. The highest BCUT2D eigenvalue weighted by Gasteiger charge is 2.04. The van der Waals surface area contributed by atoms with Crippen LogP contribution in [0.1, 0.15) is 0 Å². The molecule has 0 bridgehead atoms. The van der Waals surface area contributed by atoms with Crippen LogP contribution in [-0.4, -0.2) is 4.98 Å². The molecule has 1 heterocycles. The second-order valence-corrected chi connectivity index (χ2v) is 3.06. The number of nitrogens with one attached hydrogen (secondary N) is 1. The Morgan fingerprint density at radius 2 is 2.15 bits per heavy atom. The molecular weight excluding hydrogens is 193 g/mol. The Morgan fingerprint density at radius 3 is 2.92 bits per heavy atom. The molecule has 0 fully saturated rings. The van der Waals surface area contributed by atoms with Crippen molar-refractivity contribution in [1.82, 2.24) is 4.98 Å². The number of hydrogen-bond donors (Lipinski definition) is 1. The average molecular weight is 198 g/mol. The van der Waals surface area contributed by atoms with E-state index in [2.05, 4.69) is 4.98 Å². The second-order valence-electron chi connectivity index (χ2n) is 2.65. The van der Waals surface area contributed by atoms with Gasteiger partial charge < -0.3 is 4.98 Å². The van der Waals surface area contributed by atoms with Gasteiger partial charge in [0.25, 0.3) is 0 Å². The molecule has 0 aliphatic heterocycles. The molecular formula is C9H5ClFNO. The molecule has 2 rings (SSSR count). The number of aromatic amines is 1. The summed E-state index contributed by atoms with van der Waals surface area (Å²) in [6.07, 6.45) is 1.48. The Bertz CT molecular complexity index is 520. The molecule has 0 aliphatic rings. The third-order valence-corrected chi connectivity index (χ3v) is 2.08. The quantitative estimate of drug-likeness (QED) is 0.691. The van der Waals surface area contributed by atoms with Gasteiger partial charge in [0.15, 0.2) is 5.43 Å². The number of aromatic nitrogens is 1. The summed E-state index contributed by atoms with van der Waals surface area (Å²) in [7, 11) is 0. The number of halogens is 2. The van der Waals surface area contributed by atoms with E-state index >= 15 is 0 Å². The fourth-order valence-electron chi connectivity index (χ4n) is 1.21. The fourth-order valence-corrected chi connectivity index (χ4v) is 1.47. The summed E-state index contributed by atoms with van der Waals surface area (Å²) in [6, 6.07) is 3.66. The van der Waals surface area contributed by atoms with E-state index in [0.29, 0.717) is 5.52 Å². The Labute approximate surface area is 78.0 Å². The van der Waals surface area contributed by atoms with Crippen LogP contribution in [-0.2, 0) is 0 Å². The van der Waals surface area contributed by atoms with Crippen molar-refractivity contribution < 1.29 is 4.39 Å². The first kappa shape index (κ1) is 8.26. The Hall–Kier alpha value is -1.35. The van der Waals surface area contributed by atoms with E-state index in [0.717, 1.165) is 0 Å². The van der Waals surface area contributed by atoms with Gasteiger partial charge in [0.1, 0.15) is 5.82 Å². The molecule has 0 saturated heterocycles. The van der Waals surface area contributed by atoms with Crippen LogP contribution in [0.4, 0.5) is 4.39 Å². The molecule has 0 aliphatic carbocycles. The van der Waals surface area contributed by atoms with Gasteiger partial charge in [0, 0.05) is 17.6 Å². The molecule has 1 N–H and O–H groups in total. The molecule has 0 saturated carbocycles. The zero-order valence-corrected chi connectivity index (χ0v) is 7.23. The van der Waals surface area contributed by atoms with Gasteiger partial charge in [-0.15, -0.1) is 0 Å². The van der Waals surface area contributed by atoms with E-state index in [-0.39, 0.29) is 15.8 Å². The van der Waals surface area contributed by atoms with E-state index < -0.39 is 5.82 Å². The van der Waals surface area contributed by atoms with Gasteiger partial charge in [-0.3, -0.25) is 4.79 Å². The first-order valence-electron chi connectivity index (χ1n) is 3.65. The predicted octanol–water partition coefficient (Wildman–Crippen LogP) is 2.32. The molecule has 0 radical (unpaired) electrons. The van der Waals surface area contributed by atoms with E-state index in [1.807, 2.05) is 0 Å². The molecule has 1 aromatic carbocycles. The van der Waals surface area contributed by atoms with Gasteiger partial charge in [-0.1, -0.05) is 11.6 Å². The van der Waals surface area contributed by atoms with Gasteiger partial charge in [-0.2, -0.15) is 0 Å². The van der Waals surface area contributed by atoms with Crippen LogP contribution in [0.25, 0.3) is 10.9 Å². The molecule has 0 unspecified atom stereocenters. The minimum atomic E-state index is -0.505. The lowest BCUT2D eigenvalue weighted by Gasteiger charge is -1.98. The van der Waals surface area contributed by atoms with Crippen LogP contribution in [0.2, 0.25) is 5.02 Å². The van der Waals surface area contributed by atoms with E-state index in [1.165, 1.54) is 24.4 Å². The Morgan fingerprint density at radius 1 is 1.38 bits per heavy atom. The van der Waals surface area contributed by atoms with E-state index in [1.54, 1.807) is 0 Å². The summed E-state index contributed by atoms with van der Waals surface area (Å²) in [5.74, 6) is -0.505. The Kier molecular flexibility index (Phi) is 1.81. The highest BCUT2D eigenvalue weighted by Crippen LogP contribution is 2.19. The summed E-state index contributed by atoms with van der Waals surface area (Å²) in [5.41, 5.74) is 0.228. The summed E-state index contributed by atoms with van der Waals surface area (Å²) in [4.78, 5) is 14.0.